The molecule has 5 heteroatoms. The molecule has 98 valence electrons. The van der Waals surface area contributed by atoms with Crippen molar-refractivity contribution in [2.24, 2.45) is 0 Å². The molecule has 0 radical (unpaired) electrons. The van der Waals surface area contributed by atoms with Gasteiger partial charge < -0.3 is 5.73 Å². The summed E-state index contributed by atoms with van der Waals surface area (Å²) in [4.78, 5) is 4.23. The summed E-state index contributed by atoms with van der Waals surface area (Å²) in [5.74, 6) is -0.0726. The van der Waals surface area contributed by atoms with E-state index in [1.54, 1.807) is 35.8 Å². The highest BCUT2D eigenvalue weighted by Gasteiger charge is 2.15. The maximum absolute atomic E-state index is 13.7. The normalized spacial score (nSPS) is 10.7. The summed E-state index contributed by atoms with van der Waals surface area (Å²) in [7, 11) is 0. The van der Waals surface area contributed by atoms with Crippen LogP contribution in [-0.2, 0) is 0 Å². The third kappa shape index (κ3) is 1.62. The number of anilines is 1. The van der Waals surface area contributed by atoms with Gasteiger partial charge >= 0.3 is 0 Å². The number of rotatable bonds is 1. The molecule has 0 saturated carbocycles. The molecule has 1 aromatic heterocycles. The Bertz CT molecular complexity index is 858. The fourth-order valence-electron chi connectivity index (χ4n) is 2.30. The first-order chi connectivity index (χ1) is 9.63. The predicted octanol–water partition coefficient (Wildman–Crippen LogP) is 2.93. The van der Waals surface area contributed by atoms with E-state index in [-0.39, 0.29) is 11.8 Å². The molecule has 0 spiro atoms. The number of hydrogen-bond donors (Lipinski definition) is 1. The van der Waals surface area contributed by atoms with Gasteiger partial charge in [0.25, 0.3) is 0 Å². The number of hydrogen-bond acceptors (Lipinski definition) is 3. The van der Waals surface area contributed by atoms with E-state index in [0.717, 1.165) is 0 Å². The van der Waals surface area contributed by atoms with Crippen LogP contribution in [0.4, 0.5) is 10.3 Å². The van der Waals surface area contributed by atoms with Gasteiger partial charge in [-0.15, -0.1) is 0 Å². The Morgan fingerprint density at radius 2 is 2.00 bits per heavy atom. The van der Waals surface area contributed by atoms with Crippen LogP contribution < -0.4 is 5.73 Å². The van der Waals surface area contributed by atoms with E-state index in [0.29, 0.717) is 27.8 Å². The van der Waals surface area contributed by atoms with Crippen LogP contribution >= 0.6 is 0 Å². The summed E-state index contributed by atoms with van der Waals surface area (Å²) >= 11 is 0. The molecule has 0 amide bonds. The van der Waals surface area contributed by atoms with E-state index < -0.39 is 0 Å². The van der Waals surface area contributed by atoms with Crippen LogP contribution in [0.5, 0.6) is 0 Å². The Morgan fingerprint density at radius 1 is 1.25 bits per heavy atom. The number of nitrogen functional groups attached to an aromatic ring is 1. The smallest absolute Gasteiger partial charge is 0.205 e. The maximum atomic E-state index is 13.7. The molecule has 0 saturated heterocycles. The van der Waals surface area contributed by atoms with Crippen LogP contribution in [-0.4, -0.2) is 9.55 Å². The van der Waals surface area contributed by atoms with Crippen molar-refractivity contribution < 1.29 is 4.39 Å². The first kappa shape index (κ1) is 12.2. The van der Waals surface area contributed by atoms with Crippen LogP contribution in [0, 0.1) is 24.1 Å². The second kappa shape index (κ2) is 4.35. The molecule has 0 aliphatic carbocycles. The van der Waals surface area contributed by atoms with Crippen LogP contribution in [0.15, 0.2) is 36.4 Å². The topological polar surface area (TPSA) is 67.6 Å². The highest BCUT2D eigenvalue weighted by Crippen LogP contribution is 2.27. The monoisotopic (exact) mass is 266 g/mol. The summed E-state index contributed by atoms with van der Waals surface area (Å²) < 4.78 is 15.4. The Morgan fingerprint density at radius 3 is 2.75 bits per heavy atom. The second-order valence-electron chi connectivity index (χ2n) is 4.47. The number of nitriles is 1. The van der Waals surface area contributed by atoms with Gasteiger partial charge in [-0.2, -0.15) is 5.26 Å². The lowest BCUT2D eigenvalue weighted by Gasteiger charge is -2.10. The Kier molecular flexibility index (Phi) is 2.65. The summed E-state index contributed by atoms with van der Waals surface area (Å²) in [6.45, 7) is 1.68. The molecule has 3 rings (SSSR count). The van der Waals surface area contributed by atoms with Gasteiger partial charge in [-0.1, -0.05) is 12.1 Å². The molecule has 0 unspecified atom stereocenters. The Balaban J connectivity index is 2.41. The van der Waals surface area contributed by atoms with Crippen molar-refractivity contribution in [2.45, 2.75) is 6.92 Å². The summed E-state index contributed by atoms with van der Waals surface area (Å²) in [5, 5.41) is 9.10. The number of nitrogens with zero attached hydrogens (tertiary/aromatic N) is 3. The molecule has 0 bridgehead atoms. The second-order valence-corrected chi connectivity index (χ2v) is 4.47. The standard InChI is InChI=1S/C15H11FN4/c1-9-11(16)5-3-6-12(9)20-13-7-2-4-10(8-17)14(13)19-15(20)18/h2-7H,1H3,(H2,18,19). The number of imidazole rings is 1. The zero-order chi connectivity index (χ0) is 14.3. The lowest BCUT2D eigenvalue weighted by atomic mass is 10.1. The molecule has 2 N–H and O–H groups in total. The third-order valence-electron chi connectivity index (χ3n) is 3.31. The molecule has 0 fully saturated rings. The van der Waals surface area contributed by atoms with Crippen molar-refractivity contribution >= 4 is 17.0 Å². The van der Waals surface area contributed by atoms with E-state index in [4.69, 9.17) is 11.0 Å². The van der Waals surface area contributed by atoms with Crippen molar-refractivity contribution in [3.05, 3.63) is 53.3 Å². The number of benzene rings is 2. The number of para-hydroxylation sites is 1. The first-order valence-electron chi connectivity index (χ1n) is 6.06. The Hall–Kier alpha value is -2.87. The molecule has 3 aromatic rings. The minimum atomic E-state index is -0.305. The number of halogens is 1. The molecule has 2 aromatic carbocycles. The highest BCUT2D eigenvalue weighted by molar-refractivity contribution is 5.86. The van der Waals surface area contributed by atoms with E-state index in [1.807, 2.05) is 6.07 Å². The molecule has 1 heterocycles. The first-order valence-corrected chi connectivity index (χ1v) is 6.06. The van der Waals surface area contributed by atoms with Crippen LogP contribution in [0.25, 0.3) is 16.7 Å². The summed E-state index contributed by atoms with van der Waals surface area (Å²) in [6.07, 6.45) is 0. The van der Waals surface area contributed by atoms with E-state index in [2.05, 4.69) is 11.1 Å². The number of fused-ring (bicyclic) bond motifs is 1. The third-order valence-corrected chi connectivity index (χ3v) is 3.31. The van der Waals surface area contributed by atoms with E-state index >= 15 is 0 Å². The van der Waals surface area contributed by atoms with E-state index in [1.165, 1.54) is 6.07 Å². The highest BCUT2D eigenvalue weighted by atomic mass is 19.1. The molecule has 0 atom stereocenters. The van der Waals surface area contributed by atoms with Gasteiger partial charge in [-0.25, -0.2) is 9.37 Å². The zero-order valence-corrected chi connectivity index (χ0v) is 10.8. The predicted molar refractivity (Wildman–Crippen MR) is 74.9 cm³/mol. The SMILES string of the molecule is Cc1c(F)cccc1-n1c(N)nc2c(C#N)cccc21. The molecule has 0 aliphatic rings. The largest absolute Gasteiger partial charge is 0.369 e. The van der Waals surface area contributed by atoms with Crippen LogP contribution in [0.1, 0.15) is 11.1 Å². The molecule has 0 aliphatic heterocycles. The van der Waals surface area contributed by atoms with Gasteiger partial charge in [-0.3, -0.25) is 4.57 Å². The van der Waals surface area contributed by atoms with Gasteiger partial charge in [0, 0.05) is 5.56 Å². The fraction of sp³-hybridized carbons (Fsp3) is 0.0667. The minimum absolute atomic E-state index is 0.233. The maximum Gasteiger partial charge on any atom is 0.205 e. The van der Waals surface area contributed by atoms with Gasteiger partial charge in [0.15, 0.2) is 0 Å². The van der Waals surface area contributed by atoms with Gasteiger partial charge in [0.1, 0.15) is 17.4 Å². The number of aromatic nitrogens is 2. The van der Waals surface area contributed by atoms with Gasteiger partial charge in [0.05, 0.1) is 16.8 Å². The lowest BCUT2D eigenvalue weighted by molar-refractivity contribution is 0.617. The van der Waals surface area contributed by atoms with Crippen molar-refractivity contribution in [3.8, 4) is 11.8 Å². The minimum Gasteiger partial charge on any atom is -0.369 e. The lowest BCUT2D eigenvalue weighted by Crippen LogP contribution is -2.03. The fourth-order valence-corrected chi connectivity index (χ4v) is 2.30. The van der Waals surface area contributed by atoms with Crippen LogP contribution in [0.3, 0.4) is 0 Å². The van der Waals surface area contributed by atoms with Crippen molar-refractivity contribution in [1.82, 2.24) is 9.55 Å². The quantitative estimate of drug-likeness (QED) is 0.736. The molecular weight excluding hydrogens is 255 g/mol. The van der Waals surface area contributed by atoms with Crippen molar-refractivity contribution in [1.29, 1.82) is 5.26 Å². The number of nitrogens with two attached hydrogens (primary N) is 1. The van der Waals surface area contributed by atoms with Crippen molar-refractivity contribution in [2.75, 3.05) is 5.73 Å². The molecule has 20 heavy (non-hydrogen) atoms. The average Bonchev–Trinajstić information content (AvgIpc) is 2.78. The zero-order valence-electron chi connectivity index (χ0n) is 10.8. The molecule has 4 nitrogen and oxygen atoms in total. The van der Waals surface area contributed by atoms with Crippen LogP contribution in [0.2, 0.25) is 0 Å². The van der Waals surface area contributed by atoms with Crippen molar-refractivity contribution in [3.63, 3.8) is 0 Å². The molecular formula is C15H11FN4. The Labute approximate surface area is 114 Å². The van der Waals surface area contributed by atoms with Gasteiger partial charge in [0.2, 0.25) is 5.95 Å². The average molecular weight is 266 g/mol. The van der Waals surface area contributed by atoms with E-state index in [9.17, 15) is 4.39 Å². The summed E-state index contributed by atoms with van der Waals surface area (Å²) in [6, 6.07) is 12.1. The summed E-state index contributed by atoms with van der Waals surface area (Å²) in [5.41, 5.74) is 8.72. The van der Waals surface area contributed by atoms with Gasteiger partial charge in [-0.05, 0) is 31.2 Å².